The molecule has 1 N–H and O–H groups in total. The Labute approximate surface area is 177 Å². The van der Waals surface area contributed by atoms with E-state index in [0.29, 0.717) is 31.8 Å². The smallest absolute Gasteiger partial charge is 0.306 e. The lowest BCUT2D eigenvalue weighted by atomic mass is 10.1. The molecule has 0 atom stereocenters. The molecule has 0 radical (unpaired) electrons. The van der Waals surface area contributed by atoms with Crippen molar-refractivity contribution in [2.24, 2.45) is 0 Å². The molecule has 0 aromatic heterocycles. The molecule has 0 spiro atoms. The van der Waals surface area contributed by atoms with Gasteiger partial charge in [-0.15, -0.1) is 0 Å². The Morgan fingerprint density at radius 3 is 2.52 bits per heavy atom. The molecule has 0 saturated carbocycles. The number of benzene rings is 2. The van der Waals surface area contributed by atoms with E-state index in [2.05, 4.69) is 0 Å². The topological polar surface area (TPSA) is 83.9 Å². The van der Waals surface area contributed by atoms with Gasteiger partial charge in [-0.1, -0.05) is 42.2 Å². The summed E-state index contributed by atoms with van der Waals surface area (Å²) in [4.78, 5) is 36.9. The van der Waals surface area contributed by atoms with Gasteiger partial charge in [-0.2, -0.15) is 0 Å². The summed E-state index contributed by atoms with van der Waals surface area (Å²) < 4.78 is 5.93. The van der Waals surface area contributed by atoms with Crippen LogP contribution in [0.2, 0.25) is 0 Å². The molecule has 0 unspecified atom stereocenters. The fourth-order valence-corrected chi connectivity index (χ4v) is 3.95. The van der Waals surface area contributed by atoms with Crippen LogP contribution in [0.1, 0.15) is 29.3 Å². The third-order valence-corrected chi connectivity index (χ3v) is 5.41. The first-order chi connectivity index (χ1) is 13.9. The third-order valence-electron chi connectivity index (χ3n) is 4.10. The van der Waals surface area contributed by atoms with Crippen LogP contribution in [-0.4, -0.2) is 33.7 Å². The van der Waals surface area contributed by atoms with E-state index < -0.39 is 5.97 Å². The summed E-state index contributed by atoms with van der Waals surface area (Å²) in [7, 11) is 0. The highest BCUT2D eigenvalue weighted by molar-refractivity contribution is 8.27. The van der Waals surface area contributed by atoms with Crippen LogP contribution in [0.15, 0.2) is 53.4 Å². The Balaban J connectivity index is 1.83. The van der Waals surface area contributed by atoms with Crippen LogP contribution in [0, 0.1) is 0 Å². The molecule has 1 saturated heterocycles. The molecule has 1 aliphatic heterocycles. The molecule has 1 aliphatic rings. The highest BCUT2D eigenvalue weighted by Gasteiger charge is 2.33. The summed E-state index contributed by atoms with van der Waals surface area (Å²) in [6.07, 6.45) is 1.56. The quantitative estimate of drug-likeness (QED) is 0.404. The number of hydrogen-bond donors (Lipinski definition) is 1. The molecular formula is C21H17NO5S2. The summed E-state index contributed by atoms with van der Waals surface area (Å²) in [5, 5.41) is 8.76. The van der Waals surface area contributed by atoms with Gasteiger partial charge in [0.15, 0.2) is 10.1 Å². The number of ether oxygens (including phenoxy) is 1. The van der Waals surface area contributed by atoms with Crippen LogP contribution < -0.4 is 9.64 Å². The average molecular weight is 428 g/mol. The number of rotatable bonds is 7. The predicted molar refractivity (Wildman–Crippen MR) is 116 cm³/mol. The predicted octanol–water partition coefficient (Wildman–Crippen LogP) is 4.15. The largest absolute Gasteiger partial charge is 0.492 e. The van der Waals surface area contributed by atoms with E-state index in [1.807, 2.05) is 0 Å². The van der Waals surface area contributed by atoms with Crippen molar-refractivity contribution in [2.75, 3.05) is 11.5 Å². The highest BCUT2D eigenvalue weighted by Crippen LogP contribution is 2.37. The molecule has 1 amide bonds. The molecule has 2 aromatic rings. The lowest BCUT2D eigenvalue weighted by Gasteiger charge is -2.14. The van der Waals surface area contributed by atoms with E-state index in [1.54, 1.807) is 54.6 Å². The fraction of sp³-hybridized carbons (Fsp3) is 0.143. The van der Waals surface area contributed by atoms with Gasteiger partial charge in [0.2, 0.25) is 0 Å². The molecular weight excluding hydrogens is 410 g/mol. The van der Waals surface area contributed by atoms with Crippen LogP contribution in [0.3, 0.4) is 0 Å². The number of anilines is 1. The molecule has 1 fully saturated rings. The monoisotopic (exact) mass is 427 g/mol. The van der Waals surface area contributed by atoms with Crippen LogP contribution in [0.25, 0.3) is 6.08 Å². The number of hydrogen-bond acceptors (Lipinski definition) is 6. The van der Waals surface area contributed by atoms with Crippen molar-refractivity contribution >= 4 is 57.7 Å². The van der Waals surface area contributed by atoms with Gasteiger partial charge in [-0.05, 0) is 43.3 Å². The van der Waals surface area contributed by atoms with Crippen molar-refractivity contribution < 1.29 is 24.2 Å². The standard InChI is InChI=1S/C21H17NO5S2/c1-13(23)14-6-8-16(9-7-14)22-20(26)18(29-21(22)28)12-15-4-2-3-5-17(15)27-11-10-19(24)25/h2-9,12H,10-11H2,1H3,(H,24,25)/b18-12+. The van der Waals surface area contributed by atoms with Gasteiger partial charge in [-0.25, -0.2) is 0 Å². The van der Waals surface area contributed by atoms with Gasteiger partial charge in [0.1, 0.15) is 5.75 Å². The summed E-state index contributed by atoms with van der Waals surface area (Å²) >= 11 is 6.54. The Bertz CT molecular complexity index is 1010. The number of nitrogens with zero attached hydrogens (tertiary/aromatic N) is 1. The number of ketones is 1. The normalized spacial score (nSPS) is 15.1. The maximum atomic E-state index is 12.9. The van der Waals surface area contributed by atoms with Crippen molar-refractivity contribution in [1.82, 2.24) is 0 Å². The molecule has 0 aliphatic carbocycles. The van der Waals surface area contributed by atoms with E-state index in [9.17, 15) is 14.4 Å². The summed E-state index contributed by atoms with van der Waals surface area (Å²) in [5.74, 6) is -0.777. The zero-order valence-electron chi connectivity index (χ0n) is 15.5. The lowest BCUT2D eigenvalue weighted by molar-refractivity contribution is -0.137. The summed E-state index contributed by atoms with van der Waals surface area (Å²) in [5.41, 5.74) is 1.80. The lowest BCUT2D eigenvalue weighted by Crippen LogP contribution is -2.27. The number of amides is 1. The van der Waals surface area contributed by atoms with Gasteiger partial charge in [-0.3, -0.25) is 19.3 Å². The number of aliphatic carboxylic acids is 1. The second-order valence-corrected chi connectivity index (χ2v) is 7.83. The maximum Gasteiger partial charge on any atom is 0.306 e. The van der Waals surface area contributed by atoms with Crippen LogP contribution in [-0.2, 0) is 9.59 Å². The van der Waals surface area contributed by atoms with E-state index in [1.165, 1.54) is 23.6 Å². The summed E-state index contributed by atoms with van der Waals surface area (Å²) in [6, 6.07) is 13.8. The van der Waals surface area contributed by atoms with Crippen molar-refractivity contribution in [3.8, 4) is 5.75 Å². The van der Waals surface area contributed by atoms with Crippen molar-refractivity contribution in [2.45, 2.75) is 13.3 Å². The number of Topliss-reactive ketones (excluding diaryl/α,β-unsaturated/α-hetero) is 1. The molecule has 0 bridgehead atoms. The second kappa shape index (κ2) is 9.02. The van der Waals surface area contributed by atoms with Gasteiger partial charge < -0.3 is 9.84 Å². The SMILES string of the molecule is CC(=O)c1ccc(N2C(=O)/C(=C\c3ccccc3OCCC(=O)O)SC2=S)cc1. The Kier molecular flexibility index (Phi) is 6.46. The van der Waals surface area contributed by atoms with Crippen molar-refractivity contribution in [3.63, 3.8) is 0 Å². The fourth-order valence-electron chi connectivity index (χ4n) is 2.66. The minimum Gasteiger partial charge on any atom is -0.492 e. The minimum atomic E-state index is -0.945. The van der Waals surface area contributed by atoms with Gasteiger partial charge >= 0.3 is 5.97 Å². The first-order valence-electron chi connectivity index (χ1n) is 8.69. The number of carboxylic acids is 1. The molecule has 29 heavy (non-hydrogen) atoms. The van der Waals surface area contributed by atoms with Crippen LogP contribution in [0.5, 0.6) is 5.75 Å². The Morgan fingerprint density at radius 2 is 1.86 bits per heavy atom. The molecule has 2 aromatic carbocycles. The van der Waals surface area contributed by atoms with Gasteiger partial charge in [0.25, 0.3) is 5.91 Å². The summed E-state index contributed by atoms with van der Waals surface area (Å²) in [6.45, 7) is 1.51. The molecule has 8 heteroatoms. The zero-order valence-corrected chi connectivity index (χ0v) is 17.1. The Hall–Kier alpha value is -2.97. The second-order valence-electron chi connectivity index (χ2n) is 6.15. The van der Waals surface area contributed by atoms with Gasteiger partial charge in [0.05, 0.1) is 23.6 Å². The number of thiocarbonyl (C=S) groups is 1. The van der Waals surface area contributed by atoms with Gasteiger partial charge in [0, 0.05) is 11.1 Å². The van der Waals surface area contributed by atoms with E-state index in [4.69, 9.17) is 22.1 Å². The number of para-hydroxylation sites is 1. The molecule has 6 nitrogen and oxygen atoms in total. The number of carbonyl (C=O) groups is 3. The number of carboxylic acid groups (broad SMARTS) is 1. The molecule has 148 valence electrons. The van der Waals surface area contributed by atoms with Crippen molar-refractivity contribution in [1.29, 1.82) is 0 Å². The minimum absolute atomic E-state index is 0.0314. The highest BCUT2D eigenvalue weighted by atomic mass is 32.2. The van der Waals surface area contributed by atoms with E-state index in [0.717, 1.165) is 0 Å². The van der Waals surface area contributed by atoms with Crippen molar-refractivity contribution in [3.05, 3.63) is 64.6 Å². The Morgan fingerprint density at radius 1 is 1.17 bits per heavy atom. The molecule has 3 rings (SSSR count). The number of thioether (sulfide) groups is 1. The first kappa shape index (κ1) is 20.8. The third kappa shape index (κ3) is 4.90. The first-order valence-corrected chi connectivity index (χ1v) is 9.92. The zero-order chi connectivity index (χ0) is 21.0. The van der Waals surface area contributed by atoms with E-state index in [-0.39, 0.29) is 24.7 Å². The average Bonchev–Trinajstić information content (AvgIpc) is 2.96. The molecule has 1 heterocycles. The number of carbonyl (C=O) groups excluding carboxylic acids is 2. The van der Waals surface area contributed by atoms with Crippen LogP contribution in [0.4, 0.5) is 5.69 Å². The van der Waals surface area contributed by atoms with Crippen LogP contribution >= 0.6 is 24.0 Å². The maximum absolute atomic E-state index is 12.9. The van der Waals surface area contributed by atoms with E-state index >= 15 is 0 Å².